The zero-order valence-electron chi connectivity index (χ0n) is 27.1. The van der Waals surface area contributed by atoms with Gasteiger partial charge in [0.15, 0.2) is 31.1 Å². The maximum Gasteiger partial charge on any atom is 0.433 e. The fraction of sp³-hybridized carbons (Fsp3) is 0.212. The van der Waals surface area contributed by atoms with E-state index < -0.39 is 58.7 Å². The Labute approximate surface area is 301 Å². The Morgan fingerprint density at radius 1 is 0.667 bits per heavy atom. The fourth-order valence-electron chi connectivity index (χ4n) is 4.22. The lowest BCUT2D eigenvalue weighted by molar-refractivity contribution is -0.141. The molecular weight excluding hydrogens is 756 g/mol. The summed E-state index contributed by atoms with van der Waals surface area (Å²) in [6, 6.07) is 20.8. The number of para-hydroxylation sites is 1. The SMILES string of the molecule is CC(C)(C(=O)Nc1cccc(C(F)(F)F)n1)S(=O)(=O)c1ccc(Cl)cc1.CC(C)(C(=O)Nc1noc2ccccc12)S(=O)(=O)c1ccc(Cl)cc1. The number of amides is 2. The molecule has 0 atom stereocenters. The predicted molar refractivity (Wildman–Crippen MR) is 186 cm³/mol. The quantitative estimate of drug-likeness (QED) is 0.161. The summed E-state index contributed by atoms with van der Waals surface area (Å²) in [6.45, 7) is 4.99. The minimum Gasteiger partial charge on any atom is -0.354 e. The second-order valence-electron chi connectivity index (χ2n) is 11.8. The molecule has 0 aliphatic rings. The lowest BCUT2D eigenvalue weighted by atomic mass is 10.2. The van der Waals surface area contributed by atoms with Gasteiger partial charge in [-0.25, -0.2) is 21.8 Å². The number of alkyl halides is 3. The van der Waals surface area contributed by atoms with Crippen LogP contribution in [0.2, 0.25) is 10.0 Å². The topological polar surface area (TPSA) is 165 Å². The fourth-order valence-corrected chi connectivity index (χ4v) is 7.23. The van der Waals surface area contributed by atoms with Gasteiger partial charge in [-0.3, -0.25) is 9.59 Å². The molecule has 2 heterocycles. The Morgan fingerprint density at radius 2 is 1.14 bits per heavy atom. The zero-order valence-corrected chi connectivity index (χ0v) is 30.3. The highest BCUT2D eigenvalue weighted by Gasteiger charge is 2.44. The first-order valence-corrected chi connectivity index (χ1v) is 18.3. The van der Waals surface area contributed by atoms with Gasteiger partial charge >= 0.3 is 6.18 Å². The van der Waals surface area contributed by atoms with Crippen LogP contribution < -0.4 is 10.6 Å². The molecule has 2 aromatic heterocycles. The van der Waals surface area contributed by atoms with Crippen LogP contribution in [0.15, 0.2) is 105 Å². The average Bonchev–Trinajstić information content (AvgIpc) is 3.47. The predicted octanol–water partition coefficient (Wildman–Crippen LogP) is 7.62. The Bertz CT molecular complexity index is 2300. The van der Waals surface area contributed by atoms with E-state index in [-0.39, 0.29) is 15.6 Å². The van der Waals surface area contributed by atoms with Crippen molar-refractivity contribution < 1.29 is 44.1 Å². The molecule has 0 saturated heterocycles. The van der Waals surface area contributed by atoms with Gasteiger partial charge in [0.2, 0.25) is 11.8 Å². The summed E-state index contributed by atoms with van der Waals surface area (Å²) in [7, 11) is -8.07. The summed E-state index contributed by atoms with van der Waals surface area (Å²) < 4.78 is 90.7. The Hall–Kier alpha value is -4.51. The van der Waals surface area contributed by atoms with E-state index in [1.807, 2.05) is 0 Å². The zero-order chi connectivity index (χ0) is 38.0. The van der Waals surface area contributed by atoms with Crippen LogP contribution in [-0.2, 0) is 35.4 Å². The standard InChI is InChI=1S/C17H15ClN2O4S.C16H14ClF3N2O3S/c1-17(2,25(22,23)12-9-7-11(18)8-10-12)16(21)19-15-13-5-3-4-6-14(13)24-20-15;1-15(2,26(24,25)11-8-6-10(17)7-9-11)14(23)22-13-5-3-4-12(21-13)16(18,19)20/h3-10H,1-2H3,(H,19,20,21);3-9H,1-2H3,(H,21,22,23). The summed E-state index contributed by atoms with van der Waals surface area (Å²) >= 11 is 11.5. The van der Waals surface area contributed by atoms with Gasteiger partial charge in [0.05, 0.1) is 15.2 Å². The highest BCUT2D eigenvalue weighted by atomic mass is 35.5. The van der Waals surface area contributed by atoms with Crippen LogP contribution in [0.1, 0.15) is 33.4 Å². The van der Waals surface area contributed by atoms with Gasteiger partial charge in [-0.05, 0) is 100 Å². The molecular formula is C33H29Cl2F3N4O7S2. The number of sulfone groups is 2. The average molecular weight is 786 g/mol. The second-order valence-corrected chi connectivity index (χ2v) is 17.6. The number of rotatable bonds is 8. The minimum atomic E-state index is -4.69. The molecule has 0 aliphatic carbocycles. The van der Waals surface area contributed by atoms with Crippen LogP contribution in [0, 0.1) is 0 Å². The van der Waals surface area contributed by atoms with Crippen LogP contribution in [0.25, 0.3) is 11.0 Å². The molecule has 11 nitrogen and oxygen atoms in total. The van der Waals surface area contributed by atoms with E-state index in [2.05, 4.69) is 20.8 Å². The number of carbonyl (C=O) groups is 2. The molecule has 0 saturated carbocycles. The molecule has 2 amide bonds. The molecule has 51 heavy (non-hydrogen) atoms. The molecule has 0 aliphatic heterocycles. The number of halogens is 5. The normalized spacial score (nSPS) is 12.5. The third-order valence-corrected chi connectivity index (χ3v) is 12.9. The summed E-state index contributed by atoms with van der Waals surface area (Å²) in [5, 5.41) is 9.79. The molecule has 3 aromatic carbocycles. The third-order valence-electron chi connectivity index (χ3n) is 7.58. The van der Waals surface area contributed by atoms with E-state index >= 15 is 0 Å². The molecule has 5 rings (SSSR count). The summed E-state index contributed by atoms with van der Waals surface area (Å²) in [4.78, 5) is 28.3. The number of anilines is 2. The van der Waals surface area contributed by atoms with Crippen molar-refractivity contribution in [3.05, 3.63) is 107 Å². The molecule has 5 aromatic rings. The first kappa shape index (κ1) is 39.3. The number of benzene rings is 3. The number of nitrogens with one attached hydrogen (secondary N) is 2. The van der Waals surface area contributed by atoms with Crippen LogP contribution in [0.4, 0.5) is 24.8 Å². The van der Waals surface area contributed by atoms with Gasteiger partial charge in [0.1, 0.15) is 21.0 Å². The highest BCUT2D eigenvalue weighted by Crippen LogP contribution is 2.31. The number of aromatic nitrogens is 2. The van der Waals surface area contributed by atoms with Gasteiger partial charge in [-0.2, -0.15) is 13.2 Å². The maximum absolute atomic E-state index is 12.9. The van der Waals surface area contributed by atoms with Crippen LogP contribution in [0.5, 0.6) is 0 Å². The summed E-state index contributed by atoms with van der Waals surface area (Å²) in [5.74, 6) is -1.94. The summed E-state index contributed by atoms with van der Waals surface area (Å²) in [6.07, 6.45) is -4.69. The molecule has 2 N–H and O–H groups in total. The van der Waals surface area contributed by atoms with Crippen LogP contribution >= 0.6 is 23.2 Å². The van der Waals surface area contributed by atoms with Crippen molar-refractivity contribution in [2.24, 2.45) is 0 Å². The van der Waals surface area contributed by atoms with Crippen molar-refractivity contribution in [2.75, 3.05) is 10.6 Å². The van der Waals surface area contributed by atoms with E-state index in [1.54, 1.807) is 24.3 Å². The Balaban J connectivity index is 0.000000229. The summed E-state index contributed by atoms with van der Waals surface area (Å²) in [5.41, 5.74) is -0.704. The van der Waals surface area contributed by atoms with E-state index in [4.69, 9.17) is 27.7 Å². The smallest absolute Gasteiger partial charge is 0.354 e. The van der Waals surface area contributed by atoms with Gasteiger partial charge in [-0.15, -0.1) is 0 Å². The van der Waals surface area contributed by atoms with Gasteiger partial charge in [0.25, 0.3) is 0 Å². The number of nitrogens with zero attached hydrogens (tertiary/aromatic N) is 2. The van der Waals surface area contributed by atoms with Gasteiger partial charge in [0, 0.05) is 10.0 Å². The largest absolute Gasteiger partial charge is 0.433 e. The lowest BCUT2D eigenvalue weighted by Crippen LogP contribution is -2.44. The van der Waals surface area contributed by atoms with E-state index in [1.165, 1.54) is 62.4 Å². The maximum atomic E-state index is 12.9. The van der Waals surface area contributed by atoms with E-state index in [9.17, 15) is 39.6 Å². The molecule has 0 spiro atoms. The second kappa shape index (κ2) is 14.6. The number of pyridine rings is 1. The third kappa shape index (κ3) is 8.35. The van der Waals surface area contributed by atoms with E-state index in [0.29, 0.717) is 21.0 Å². The van der Waals surface area contributed by atoms with Crippen molar-refractivity contribution in [3.63, 3.8) is 0 Å². The first-order chi connectivity index (χ1) is 23.6. The molecule has 270 valence electrons. The minimum absolute atomic E-state index is 0.0158. The van der Waals surface area contributed by atoms with Crippen molar-refractivity contribution in [3.8, 4) is 0 Å². The van der Waals surface area contributed by atoms with Gasteiger partial charge in [-0.1, -0.05) is 46.6 Å². The molecule has 0 radical (unpaired) electrons. The number of hydrogen-bond acceptors (Lipinski definition) is 9. The van der Waals surface area contributed by atoms with Crippen molar-refractivity contribution in [1.29, 1.82) is 0 Å². The van der Waals surface area contributed by atoms with Gasteiger partial charge < -0.3 is 15.2 Å². The molecule has 0 bridgehead atoms. The lowest BCUT2D eigenvalue weighted by Gasteiger charge is -2.23. The Morgan fingerprint density at radius 3 is 1.63 bits per heavy atom. The molecule has 18 heteroatoms. The number of hydrogen-bond donors (Lipinski definition) is 2. The van der Waals surface area contributed by atoms with Crippen molar-refractivity contribution in [2.45, 2.75) is 53.2 Å². The first-order valence-electron chi connectivity index (χ1n) is 14.6. The van der Waals surface area contributed by atoms with Crippen molar-refractivity contribution >= 4 is 77.3 Å². The van der Waals surface area contributed by atoms with Crippen LogP contribution in [0.3, 0.4) is 0 Å². The molecule has 0 unspecified atom stereocenters. The van der Waals surface area contributed by atoms with E-state index in [0.717, 1.165) is 32.0 Å². The number of fused-ring (bicyclic) bond motifs is 1. The van der Waals surface area contributed by atoms with Crippen LogP contribution in [-0.4, -0.2) is 48.3 Å². The number of carbonyl (C=O) groups excluding carboxylic acids is 2. The van der Waals surface area contributed by atoms with Crippen molar-refractivity contribution in [1.82, 2.24) is 10.1 Å². The highest BCUT2D eigenvalue weighted by molar-refractivity contribution is 7.94. The molecule has 0 fully saturated rings. The monoisotopic (exact) mass is 784 g/mol. The Kier molecular flexibility index (Phi) is 11.3.